The van der Waals surface area contributed by atoms with Crippen LogP contribution in [-0.4, -0.2) is 17.8 Å². The van der Waals surface area contributed by atoms with Crippen LogP contribution in [-0.2, 0) is 4.74 Å². The first-order valence-electron chi connectivity index (χ1n) is 4.89. The van der Waals surface area contributed by atoms with E-state index >= 15 is 0 Å². The van der Waals surface area contributed by atoms with Gasteiger partial charge in [0.15, 0.2) is 0 Å². The Morgan fingerprint density at radius 1 is 1.36 bits per heavy atom. The molecule has 1 N–H and O–H groups in total. The van der Waals surface area contributed by atoms with E-state index < -0.39 is 6.10 Å². The van der Waals surface area contributed by atoms with Crippen molar-refractivity contribution in [1.82, 2.24) is 0 Å². The summed E-state index contributed by atoms with van der Waals surface area (Å²) >= 11 is 0. The first kappa shape index (κ1) is 9.44. The fraction of sp³-hybridized carbons (Fsp3) is 0.333. The van der Waals surface area contributed by atoms with Gasteiger partial charge in [-0.2, -0.15) is 0 Å². The van der Waals surface area contributed by atoms with Gasteiger partial charge in [-0.3, -0.25) is 0 Å². The summed E-state index contributed by atoms with van der Waals surface area (Å²) in [5.41, 5.74) is 2.03. The quantitative estimate of drug-likeness (QED) is 0.774. The van der Waals surface area contributed by atoms with Crippen molar-refractivity contribution in [2.75, 3.05) is 6.61 Å². The van der Waals surface area contributed by atoms with E-state index in [0.717, 1.165) is 11.1 Å². The molecule has 2 atom stereocenters. The summed E-state index contributed by atoms with van der Waals surface area (Å²) in [5, 5.41) is 9.98. The lowest BCUT2D eigenvalue weighted by atomic mass is 9.93. The lowest BCUT2D eigenvalue weighted by Gasteiger charge is -2.25. The monoisotopic (exact) mass is 190 g/mol. The normalized spacial score (nSPS) is 24.7. The molecule has 0 spiro atoms. The molecule has 2 rings (SSSR count). The molecule has 1 aliphatic rings. The molecule has 1 aromatic rings. The van der Waals surface area contributed by atoms with Crippen LogP contribution >= 0.6 is 0 Å². The van der Waals surface area contributed by atoms with Crippen LogP contribution in [0.15, 0.2) is 30.3 Å². The SMILES string of the molecule is CCO[C@@H]1C=Cc2ccccc2C1O. The zero-order valence-corrected chi connectivity index (χ0v) is 8.18. The Balaban J connectivity index is 2.30. The Labute approximate surface area is 83.8 Å². The summed E-state index contributed by atoms with van der Waals surface area (Å²) in [6.07, 6.45) is 3.19. The summed E-state index contributed by atoms with van der Waals surface area (Å²) in [4.78, 5) is 0. The van der Waals surface area contributed by atoms with Crippen molar-refractivity contribution in [2.45, 2.75) is 19.1 Å². The second-order valence-corrected chi connectivity index (χ2v) is 3.35. The predicted octanol–water partition coefficient (Wildman–Crippen LogP) is 2.15. The average Bonchev–Trinajstić information content (AvgIpc) is 2.23. The largest absolute Gasteiger partial charge is 0.385 e. The summed E-state index contributed by atoms with van der Waals surface area (Å²) in [6.45, 7) is 2.55. The molecular formula is C12H14O2. The van der Waals surface area contributed by atoms with Crippen LogP contribution in [0.5, 0.6) is 0 Å². The van der Waals surface area contributed by atoms with E-state index in [4.69, 9.17) is 4.74 Å². The van der Waals surface area contributed by atoms with E-state index in [1.807, 2.05) is 43.3 Å². The third kappa shape index (κ3) is 1.59. The molecule has 0 saturated heterocycles. The predicted molar refractivity (Wildman–Crippen MR) is 55.8 cm³/mol. The van der Waals surface area contributed by atoms with Gasteiger partial charge < -0.3 is 9.84 Å². The van der Waals surface area contributed by atoms with Crippen molar-refractivity contribution in [1.29, 1.82) is 0 Å². The molecule has 1 aliphatic carbocycles. The number of ether oxygens (including phenoxy) is 1. The lowest BCUT2D eigenvalue weighted by molar-refractivity contribution is -0.00669. The molecule has 0 fully saturated rings. The first-order valence-corrected chi connectivity index (χ1v) is 4.89. The topological polar surface area (TPSA) is 29.5 Å². The van der Waals surface area contributed by atoms with Gasteiger partial charge >= 0.3 is 0 Å². The Bertz CT molecular complexity index is 344. The highest BCUT2D eigenvalue weighted by molar-refractivity contribution is 5.58. The summed E-state index contributed by atoms with van der Waals surface area (Å²) in [5.74, 6) is 0. The molecule has 0 heterocycles. The van der Waals surface area contributed by atoms with Crippen LogP contribution in [0.1, 0.15) is 24.2 Å². The zero-order valence-electron chi connectivity index (χ0n) is 8.18. The minimum absolute atomic E-state index is 0.199. The maximum atomic E-state index is 9.98. The van der Waals surface area contributed by atoms with Crippen LogP contribution in [0.25, 0.3) is 6.08 Å². The molecule has 0 saturated carbocycles. The summed E-state index contributed by atoms with van der Waals surface area (Å²) in [6, 6.07) is 7.84. The first-order chi connectivity index (χ1) is 6.83. The van der Waals surface area contributed by atoms with Gasteiger partial charge in [-0.15, -0.1) is 0 Å². The van der Waals surface area contributed by atoms with Crippen LogP contribution in [0, 0.1) is 0 Å². The van der Waals surface area contributed by atoms with Crippen LogP contribution in [0.4, 0.5) is 0 Å². The number of hydrogen-bond donors (Lipinski definition) is 1. The number of benzene rings is 1. The van der Waals surface area contributed by atoms with Gasteiger partial charge in [0.05, 0.1) is 0 Å². The third-order valence-corrected chi connectivity index (χ3v) is 2.45. The molecule has 0 bridgehead atoms. The Hall–Kier alpha value is -1.12. The second-order valence-electron chi connectivity index (χ2n) is 3.35. The van der Waals surface area contributed by atoms with Gasteiger partial charge in [-0.05, 0) is 18.1 Å². The van der Waals surface area contributed by atoms with E-state index in [0.29, 0.717) is 6.61 Å². The number of aliphatic hydroxyl groups excluding tert-OH is 1. The van der Waals surface area contributed by atoms with Gasteiger partial charge in [-0.1, -0.05) is 36.4 Å². The minimum atomic E-state index is -0.531. The molecule has 0 radical (unpaired) electrons. The van der Waals surface area contributed by atoms with Crippen molar-refractivity contribution in [3.63, 3.8) is 0 Å². The molecule has 74 valence electrons. The maximum Gasteiger partial charge on any atom is 0.109 e. The van der Waals surface area contributed by atoms with E-state index in [2.05, 4.69) is 0 Å². The highest BCUT2D eigenvalue weighted by Gasteiger charge is 2.23. The average molecular weight is 190 g/mol. The fourth-order valence-electron chi connectivity index (χ4n) is 1.75. The number of rotatable bonds is 2. The maximum absolute atomic E-state index is 9.98. The molecule has 2 nitrogen and oxygen atoms in total. The zero-order chi connectivity index (χ0) is 9.97. The standard InChI is InChI=1S/C12H14O2/c1-2-14-11-8-7-9-5-3-4-6-10(9)12(11)13/h3-8,11-13H,2H2,1H3/t11-,12?/m1/s1. The highest BCUT2D eigenvalue weighted by atomic mass is 16.5. The molecule has 2 heteroatoms. The van der Waals surface area contributed by atoms with Crippen molar-refractivity contribution in [3.8, 4) is 0 Å². The molecule has 0 amide bonds. The third-order valence-electron chi connectivity index (χ3n) is 2.45. The molecule has 0 aliphatic heterocycles. The van der Waals surface area contributed by atoms with Gasteiger partial charge in [0.25, 0.3) is 0 Å². The van der Waals surface area contributed by atoms with E-state index in [1.165, 1.54) is 0 Å². The van der Waals surface area contributed by atoms with E-state index in [1.54, 1.807) is 0 Å². The lowest BCUT2D eigenvalue weighted by Crippen LogP contribution is -2.23. The van der Waals surface area contributed by atoms with Gasteiger partial charge in [0.1, 0.15) is 12.2 Å². The van der Waals surface area contributed by atoms with Crippen molar-refractivity contribution >= 4 is 6.08 Å². The molecule has 1 unspecified atom stereocenters. The molecule has 0 aromatic heterocycles. The Kier molecular flexibility index (Phi) is 2.66. The van der Waals surface area contributed by atoms with E-state index in [9.17, 15) is 5.11 Å². The molecular weight excluding hydrogens is 176 g/mol. The second kappa shape index (κ2) is 3.95. The van der Waals surface area contributed by atoms with Crippen molar-refractivity contribution in [2.24, 2.45) is 0 Å². The summed E-state index contributed by atoms with van der Waals surface area (Å²) in [7, 11) is 0. The van der Waals surface area contributed by atoms with Crippen molar-refractivity contribution in [3.05, 3.63) is 41.5 Å². The minimum Gasteiger partial charge on any atom is -0.385 e. The van der Waals surface area contributed by atoms with Crippen LogP contribution in [0.3, 0.4) is 0 Å². The number of aliphatic hydroxyl groups is 1. The molecule has 1 aromatic carbocycles. The number of hydrogen-bond acceptors (Lipinski definition) is 2. The van der Waals surface area contributed by atoms with E-state index in [-0.39, 0.29) is 6.10 Å². The van der Waals surface area contributed by atoms with Gasteiger partial charge in [0, 0.05) is 6.61 Å². The van der Waals surface area contributed by atoms with Crippen LogP contribution in [0.2, 0.25) is 0 Å². The van der Waals surface area contributed by atoms with Crippen LogP contribution < -0.4 is 0 Å². The smallest absolute Gasteiger partial charge is 0.109 e. The van der Waals surface area contributed by atoms with Gasteiger partial charge in [-0.25, -0.2) is 0 Å². The summed E-state index contributed by atoms with van der Waals surface area (Å²) < 4.78 is 5.42. The number of fused-ring (bicyclic) bond motifs is 1. The van der Waals surface area contributed by atoms with Crippen molar-refractivity contribution < 1.29 is 9.84 Å². The van der Waals surface area contributed by atoms with Gasteiger partial charge in [0.2, 0.25) is 0 Å². The Morgan fingerprint density at radius 2 is 2.14 bits per heavy atom. The Morgan fingerprint density at radius 3 is 2.93 bits per heavy atom. The molecule has 14 heavy (non-hydrogen) atoms. The highest BCUT2D eigenvalue weighted by Crippen LogP contribution is 2.29. The fourth-order valence-corrected chi connectivity index (χ4v) is 1.75.